The van der Waals surface area contributed by atoms with Crippen LogP contribution >= 0.6 is 0 Å². The van der Waals surface area contributed by atoms with E-state index in [4.69, 9.17) is 19.6 Å². The SMILES string of the molecule is COc1ccc(CCc2nc(N)oc2C)cc1OC. The van der Waals surface area contributed by atoms with Crippen molar-refractivity contribution in [2.75, 3.05) is 20.0 Å². The van der Waals surface area contributed by atoms with E-state index in [0.717, 1.165) is 41.4 Å². The van der Waals surface area contributed by atoms with Crippen molar-refractivity contribution in [2.45, 2.75) is 19.8 Å². The van der Waals surface area contributed by atoms with Gasteiger partial charge in [-0.1, -0.05) is 6.07 Å². The highest BCUT2D eigenvalue weighted by Gasteiger charge is 2.09. The largest absolute Gasteiger partial charge is 0.493 e. The quantitative estimate of drug-likeness (QED) is 0.895. The Balaban J connectivity index is 2.09. The monoisotopic (exact) mass is 262 g/mol. The molecule has 1 aromatic heterocycles. The van der Waals surface area contributed by atoms with Crippen molar-refractivity contribution in [3.63, 3.8) is 0 Å². The zero-order valence-electron chi connectivity index (χ0n) is 11.4. The van der Waals surface area contributed by atoms with Crippen LogP contribution in [0.15, 0.2) is 22.6 Å². The van der Waals surface area contributed by atoms with Crippen molar-refractivity contribution in [1.29, 1.82) is 0 Å². The summed E-state index contributed by atoms with van der Waals surface area (Å²) in [6, 6.07) is 6.11. The number of hydrogen-bond donors (Lipinski definition) is 1. The average molecular weight is 262 g/mol. The van der Waals surface area contributed by atoms with Gasteiger partial charge in [0.15, 0.2) is 11.5 Å². The maximum Gasteiger partial charge on any atom is 0.292 e. The van der Waals surface area contributed by atoms with Crippen LogP contribution in [0.3, 0.4) is 0 Å². The molecule has 0 radical (unpaired) electrons. The molecule has 19 heavy (non-hydrogen) atoms. The Morgan fingerprint density at radius 2 is 1.89 bits per heavy atom. The van der Waals surface area contributed by atoms with Gasteiger partial charge in [-0.2, -0.15) is 4.98 Å². The summed E-state index contributed by atoms with van der Waals surface area (Å²) in [5.41, 5.74) is 7.56. The van der Waals surface area contributed by atoms with Crippen LogP contribution < -0.4 is 15.2 Å². The van der Waals surface area contributed by atoms with Crippen LogP contribution in [0.5, 0.6) is 11.5 Å². The number of aryl methyl sites for hydroxylation is 3. The van der Waals surface area contributed by atoms with Gasteiger partial charge < -0.3 is 19.6 Å². The number of anilines is 1. The lowest BCUT2D eigenvalue weighted by atomic mass is 10.1. The van der Waals surface area contributed by atoms with Gasteiger partial charge >= 0.3 is 0 Å². The molecule has 102 valence electrons. The van der Waals surface area contributed by atoms with Crippen molar-refractivity contribution < 1.29 is 13.9 Å². The fourth-order valence-corrected chi connectivity index (χ4v) is 1.98. The van der Waals surface area contributed by atoms with E-state index < -0.39 is 0 Å². The number of hydrogen-bond acceptors (Lipinski definition) is 5. The minimum atomic E-state index is 0.222. The van der Waals surface area contributed by atoms with E-state index in [1.165, 1.54) is 0 Å². The molecule has 0 bridgehead atoms. The first-order chi connectivity index (χ1) is 9.13. The molecule has 5 nitrogen and oxygen atoms in total. The number of nitrogens with zero attached hydrogens (tertiary/aromatic N) is 1. The molecule has 0 saturated carbocycles. The maximum absolute atomic E-state index is 5.52. The standard InChI is InChI=1S/C14H18N2O3/c1-9-11(16-14(15)19-9)6-4-10-5-7-12(17-2)13(8-10)18-3/h5,7-8H,4,6H2,1-3H3,(H2,15,16). The van der Waals surface area contributed by atoms with Crippen molar-refractivity contribution >= 4 is 6.01 Å². The Labute approximate surface area is 112 Å². The molecule has 0 fully saturated rings. The number of rotatable bonds is 5. The Morgan fingerprint density at radius 3 is 2.47 bits per heavy atom. The molecule has 0 aliphatic heterocycles. The second-order valence-electron chi connectivity index (χ2n) is 4.24. The van der Waals surface area contributed by atoms with Crippen LogP contribution in [-0.4, -0.2) is 19.2 Å². The number of nitrogen functional groups attached to an aromatic ring is 1. The van der Waals surface area contributed by atoms with E-state index in [-0.39, 0.29) is 6.01 Å². The fraction of sp³-hybridized carbons (Fsp3) is 0.357. The molecular formula is C14H18N2O3. The van der Waals surface area contributed by atoms with Crippen LogP contribution in [-0.2, 0) is 12.8 Å². The first kappa shape index (κ1) is 13.3. The lowest BCUT2D eigenvalue weighted by molar-refractivity contribution is 0.354. The van der Waals surface area contributed by atoms with Gasteiger partial charge in [0.1, 0.15) is 5.76 Å². The second-order valence-corrected chi connectivity index (χ2v) is 4.24. The van der Waals surface area contributed by atoms with Crippen LogP contribution in [0, 0.1) is 6.92 Å². The van der Waals surface area contributed by atoms with Gasteiger partial charge in [0.05, 0.1) is 19.9 Å². The number of oxazole rings is 1. The van der Waals surface area contributed by atoms with Gasteiger partial charge in [0.2, 0.25) is 0 Å². The third-order valence-corrected chi connectivity index (χ3v) is 3.01. The van der Waals surface area contributed by atoms with Crippen molar-refractivity contribution in [3.8, 4) is 11.5 Å². The van der Waals surface area contributed by atoms with E-state index in [1.807, 2.05) is 25.1 Å². The van der Waals surface area contributed by atoms with E-state index in [0.29, 0.717) is 0 Å². The molecule has 0 spiro atoms. The summed E-state index contributed by atoms with van der Waals surface area (Å²) in [7, 11) is 3.25. The molecule has 1 heterocycles. The van der Waals surface area contributed by atoms with Gasteiger partial charge in [-0.05, 0) is 37.5 Å². The molecule has 1 aromatic carbocycles. The molecule has 0 saturated heterocycles. The molecule has 0 amide bonds. The molecule has 0 atom stereocenters. The van der Waals surface area contributed by atoms with Crippen LogP contribution in [0.2, 0.25) is 0 Å². The topological polar surface area (TPSA) is 70.5 Å². The molecule has 2 aromatic rings. The normalized spacial score (nSPS) is 10.5. The van der Waals surface area contributed by atoms with Crippen LogP contribution in [0.25, 0.3) is 0 Å². The average Bonchev–Trinajstić information content (AvgIpc) is 2.74. The summed E-state index contributed by atoms with van der Waals surface area (Å²) in [4.78, 5) is 4.16. The molecule has 5 heteroatoms. The number of methoxy groups -OCH3 is 2. The number of ether oxygens (including phenoxy) is 2. The minimum Gasteiger partial charge on any atom is -0.493 e. The number of aromatic nitrogens is 1. The van der Waals surface area contributed by atoms with E-state index in [9.17, 15) is 0 Å². The Hall–Kier alpha value is -2.17. The molecule has 0 unspecified atom stereocenters. The van der Waals surface area contributed by atoms with Crippen molar-refractivity contribution in [2.24, 2.45) is 0 Å². The minimum absolute atomic E-state index is 0.222. The van der Waals surface area contributed by atoms with Gasteiger partial charge in [-0.3, -0.25) is 0 Å². The summed E-state index contributed by atoms with van der Waals surface area (Å²) in [5.74, 6) is 2.24. The van der Waals surface area contributed by atoms with Crippen LogP contribution in [0.1, 0.15) is 17.0 Å². The lowest BCUT2D eigenvalue weighted by Gasteiger charge is -2.09. The van der Waals surface area contributed by atoms with Gasteiger partial charge in [0, 0.05) is 0 Å². The zero-order chi connectivity index (χ0) is 13.8. The highest BCUT2D eigenvalue weighted by molar-refractivity contribution is 5.43. The molecule has 2 rings (SSSR count). The highest BCUT2D eigenvalue weighted by Crippen LogP contribution is 2.28. The van der Waals surface area contributed by atoms with Crippen molar-refractivity contribution in [3.05, 3.63) is 35.2 Å². The summed E-state index contributed by atoms with van der Waals surface area (Å²) < 4.78 is 15.7. The summed E-state index contributed by atoms with van der Waals surface area (Å²) in [6.07, 6.45) is 1.62. The molecule has 0 aliphatic rings. The third kappa shape index (κ3) is 2.99. The predicted molar refractivity (Wildman–Crippen MR) is 72.6 cm³/mol. The highest BCUT2D eigenvalue weighted by atomic mass is 16.5. The first-order valence-electron chi connectivity index (χ1n) is 6.06. The zero-order valence-corrected chi connectivity index (χ0v) is 11.4. The maximum atomic E-state index is 5.52. The Bertz CT molecular complexity index is 564. The molecule has 2 N–H and O–H groups in total. The van der Waals surface area contributed by atoms with E-state index >= 15 is 0 Å². The van der Waals surface area contributed by atoms with E-state index in [1.54, 1.807) is 14.2 Å². The third-order valence-electron chi connectivity index (χ3n) is 3.01. The summed E-state index contributed by atoms with van der Waals surface area (Å²) in [6.45, 7) is 1.87. The number of nitrogens with two attached hydrogens (primary N) is 1. The predicted octanol–water partition coefficient (Wildman–Crippen LogP) is 2.37. The van der Waals surface area contributed by atoms with E-state index in [2.05, 4.69) is 4.98 Å². The lowest BCUT2D eigenvalue weighted by Crippen LogP contribution is -1.96. The van der Waals surface area contributed by atoms with Crippen molar-refractivity contribution in [1.82, 2.24) is 4.98 Å². The number of benzene rings is 1. The van der Waals surface area contributed by atoms with Gasteiger partial charge in [-0.15, -0.1) is 0 Å². The molecular weight excluding hydrogens is 244 g/mol. The fourth-order valence-electron chi connectivity index (χ4n) is 1.98. The summed E-state index contributed by atoms with van der Waals surface area (Å²) >= 11 is 0. The summed E-state index contributed by atoms with van der Waals surface area (Å²) in [5, 5.41) is 0. The van der Waals surface area contributed by atoms with Gasteiger partial charge in [-0.25, -0.2) is 0 Å². The second kappa shape index (κ2) is 5.65. The first-order valence-corrected chi connectivity index (χ1v) is 6.06. The Morgan fingerprint density at radius 1 is 1.16 bits per heavy atom. The van der Waals surface area contributed by atoms with Crippen LogP contribution in [0.4, 0.5) is 6.01 Å². The van der Waals surface area contributed by atoms with Gasteiger partial charge in [0.25, 0.3) is 6.01 Å². The Kier molecular flexibility index (Phi) is 3.94. The smallest absolute Gasteiger partial charge is 0.292 e. The molecule has 0 aliphatic carbocycles.